The standard InChI is InChI=1S/C13H19NO2S/c1-8-11(17-7-14-8)10(15)9-6-12(2,3)16-13(9,4)5/h7,9H,6H2,1-5H3. The van der Waals surface area contributed by atoms with Crippen molar-refractivity contribution in [1.29, 1.82) is 0 Å². The molecule has 0 spiro atoms. The molecule has 1 fully saturated rings. The summed E-state index contributed by atoms with van der Waals surface area (Å²) in [5, 5.41) is 0. The Morgan fingerprint density at radius 3 is 2.53 bits per heavy atom. The fraction of sp³-hybridized carbons (Fsp3) is 0.692. The summed E-state index contributed by atoms with van der Waals surface area (Å²) in [5.74, 6) is 0.109. The molecule has 94 valence electrons. The van der Waals surface area contributed by atoms with E-state index in [4.69, 9.17) is 4.74 Å². The number of carbonyl (C=O) groups excluding carboxylic acids is 1. The van der Waals surface area contributed by atoms with Crippen LogP contribution in [0.3, 0.4) is 0 Å². The molecule has 1 aliphatic heterocycles. The summed E-state index contributed by atoms with van der Waals surface area (Å²) in [6.07, 6.45) is 0.774. The number of hydrogen-bond acceptors (Lipinski definition) is 4. The molecule has 1 aromatic heterocycles. The van der Waals surface area contributed by atoms with Crippen LogP contribution in [-0.2, 0) is 4.74 Å². The van der Waals surface area contributed by atoms with Crippen molar-refractivity contribution < 1.29 is 9.53 Å². The highest BCUT2D eigenvalue weighted by atomic mass is 32.1. The number of hydrogen-bond donors (Lipinski definition) is 0. The third kappa shape index (κ3) is 2.29. The molecule has 1 aromatic rings. The van der Waals surface area contributed by atoms with Crippen molar-refractivity contribution in [2.45, 2.75) is 52.2 Å². The average molecular weight is 253 g/mol. The molecule has 1 saturated heterocycles. The Bertz CT molecular complexity index is 448. The third-order valence-electron chi connectivity index (χ3n) is 3.36. The van der Waals surface area contributed by atoms with Crippen molar-refractivity contribution in [3.63, 3.8) is 0 Å². The Kier molecular flexibility index (Phi) is 2.91. The lowest BCUT2D eigenvalue weighted by Gasteiger charge is -2.26. The highest BCUT2D eigenvalue weighted by Crippen LogP contribution is 2.43. The van der Waals surface area contributed by atoms with E-state index < -0.39 is 5.60 Å². The Labute approximate surface area is 106 Å². The highest BCUT2D eigenvalue weighted by Gasteiger charge is 2.49. The monoisotopic (exact) mass is 253 g/mol. The molecule has 2 heterocycles. The number of thiazole rings is 1. The van der Waals surface area contributed by atoms with E-state index in [1.54, 1.807) is 5.51 Å². The molecular weight excluding hydrogens is 234 g/mol. The van der Waals surface area contributed by atoms with Crippen LogP contribution in [0.1, 0.15) is 49.5 Å². The molecule has 0 N–H and O–H groups in total. The maximum Gasteiger partial charge on any atom is 0.180 e. The van der Waals surface area contributed by atoms with Gasteiger partial charge in [0.15, 0.2) is 5.78 Å². The second-order valence-corrected chi connectivity index (χ2v) is 6.71. The van der Waals surface area contributed by atoms with Gasteiger partial charge in [0.25, 0.3) is 0 Å². The van der Waals surface area contributed by atoms with Gasteiger partial charge in [-0.15, -0.1) is 11.3 Å². The number of ketones is 1. The molecule has 17 heavy (non-hydrogen) atoms. The number of carbonyl (C=O) groups is 1. The zero-order valence-electron chi connectivity index (χ0n) is 11.0. The first-order valence-electron chi connectivity index (χ1n) is 5.87. The van der Waals surface area contributed by atoms with E-state index >= 15 is 0 Å². The second kappa shape index (κ2) is 3.89. The van der Waals surface area contributed by atoms with Crippen molar-refractivity contribution in [2.75, 3.05) is 0 Å². The van der Waals surface area contributed by atoms with Crippen LogP contribution in [0.25, 0.3) is 0 Å². The van der Waals surface area contributed by atoms with Gasteiger partial charge in [-0.25, -0.2) is 4.98 Å². The normalized spacial score (nSPS) is 26.1. The molecule has 3 nitrogen and oxygen atoms in total. The summed E-state index contributed by atoms with van der Waals surface area (Å²) in [4.78, 5) is 17.5. The lowest BCUT2D eigenvalue weighted by Crippen LogP contribution is -2.33. The van der Waals surface area contributed by atoms with Gasteiger partial charge in [0, 0.05) is 0 Å². The van der Waals surface area contributed by atoms with E-state index in [-0.39, 0.29) is 17.3 Å². The fourth-order valence-corrected chi connectivity index (χ4v) is 3.47. The quantitative estimate of drug-likeness (QED) is 0.760. The van der Waals surface area contributed by atoms with E-state index in [1.807, 2.05) is 34.6 Å². The van der Waals surface area contributed by atoms with Gasteiger partial charge < -0.3 is 4.74 Å². The van der Waals surface area contributed by atoms with E-state index in [1.165, 1.54) is 11.3 Å². The molecule has 0 aromatic carbocycles. The maximum atomic E-state index is 12.5. The van der Waals surface area contributed by atoms with Crippen LogP contribution in [0.4, 0.5) is 0 Å². The summed E-state index contributed by atoms with van der Waals surface area (Å²) < 4.78 is 5.97. The zero-order chi connectivity index (χ0) is 12.8. The molecule has 1 aliphatic rings. The molecule has 0 saturated carbocycles. The highest BCUT2D eigenvalue weighted by molar-refractivity contribution is 7.12. The van der Waals surface area contributed by atoms with Gasteiger partial charge >= 0.3 is 0 Å². The van der Waals surface area contributed by atoms with Gasteiger partial charge in [0.1, 0.15) is 0 Å². The predicted molar refractivity (Wildman–Crippen MR) is 68.5 cm³/mol. The van der Waals surface area contributed by atoms with Gasteiger partial charge in [-0.3, -0.25) is 4.79 Å². The van der Waals surface area contributed by atoms with Crippen molar-refractivity contribution in [3.05, 3.63) is 16.1 Å². The van der Waals surface area contributed by atoms with Crippen LogP contribution in [0.15, 0.2) is 5.51 Å². The molecule has 1 atom stereocenters. The molecule has 0 aliphatic carbocycles. The lowest BCUT2D eigenvalue weighted by molar-refractivity contribution is -0.0712. The van der Waals surface area contributed by atoms with Crippen LogP contribution < -0.4 is 0 Å². The van der Waals surface area contributed by atoms with E-state index in [0.29, 0.717) is 0 Å². The van der Waals surface area contributed by atoms with Crippen molar-refractivity contribution in [2.24, 2.45) is 5.92 Å². The Balaban J connectivity index is 2.30. The molecule has 0 amide bonds. The van der Waals surface area contributed by atoms with Gasteiger partial charge in [0.2, 0.25) is 0 Å². The molecule has 1 unspecified atom stereocenters. The summed E-state index contributed by atoms with van der Waals surface area (Å²) >= 11 is 1.43. The molecule has 4 heteroatoms. The van der Waals surface area contributed by atoms with E-state index in [0.717, 1.165) is 17.0 Å². The minimum absolute atomic E-state index is 0.0725. The van der Waals surface area contributed by atoms with Crippen molar-refractivity contribution in [1.82, 2.24) is 4.98 Å². The summed E-state index contributed by atoms with van der Waals surface area (Å²) in [6, 6.07) is 0. The van der Waals surface area contributed by atoms with Crippen LogP contribution in [-0.4, -0.2) is 22.0 Å². The van der Waals surface area contributed by atoms with E-state index in [2.05, 4.69) is 4.98 Å². The van der Waals surface area contributed by atoms with Gasteiger partial charge in [-0.2, -0.15) is 0 Å². The average Bonchev–Trinajstić information content (AvgIpc) is 2.66. The largest absolute Gasteiger partial charge is 0.369 e. The SMILES string of the molecule is Cc1ncsc1C(=O)C1CC(C)(C)OC1(C)C. The topological polar surface area (TPSA) is 39.2 Å². The number of aryl methyl sites for hydroxylation is 1. The summed E-state index contributed by atoms with van der Waals surface area (Å²) in [7, 11) is 0. The van der Waals surface area contributed by atoms with Crippen LogP contribution in [0.2, 0.25) is 0 Å². The predicted octanol–water partition coefficient (Wildman–Crippen LogP) is 3.23. The van der Waals surface area contributed by atoms with Crippen LogP contribution >= 0.6 is 11.3 Å². The van der Waals surface area contributed by atoms with Gasteiger partial charge in [0.05, 0.1) is 33.2 Å². The van der Waals surface area contributed by atoms with Crippen molar-refractivity contribution >= 4 is 17.1 Å². The first-order chi connectivity index (χ1) is 7.73. The Morgan fingerprint density at radius 2 is 2.12 bits per heavy atom. The number of nitrogens with zero attached hydrogens (tertiary/aromatic N) is 1. The smallest absolute Gasteiger partial charge is 0.180 e. The molecular formula is C13H19NO2S. The molecule has 0 bridgehead atoms. The fourth-order valence-electron chi connectivity index (χ4n) is 2.67. The second-order valence-electron chi connectivity index (χ2n) is 5.85. The van der Waals surface area contributed by atoms with Crippen LogP contribution in [0.5, 0.6) is 0 Å². The minimum Gasteiger partial charge on any atom is -0.369 e. The lowest BCUT2D eigenvalue weighted by atomic mass is 9.83. The first kappa shape index (κ1) is 12.7. The third-order valence-corrected chi connectivity index (χ3v) is 4.30. The first-order valence-corrected chi connectivity index (χ1v) is 6.75. The number of aromatic nitrogens is 1. The number of Topliss-reactive ketones (excluding diaryl/α,β-unsaturated/α-hetero) is 1. The Morgan fingerprint density at radius 1 is 1.47 bits per heavy atom. The maximum absolute atomic E-state index is 12.5. The zero-order valence-corrected chi connectivity index (χ0v) is 11.9. The molecule has 0 radical (unpaired) electrons. The van der Waals surface area contributed by atoms with Crippen LogP contribution in [0, 0.1) is 12.8 Å². The number of rotatable bonds is 2. The number of ether oxygens (including phenoxy) is 1. The van der Waals surface area contributed by atoms with E-state index in [9.17, 15) is 4.79 Å². The molecule has 2 rings (SSSR count). The Hall–Kier alpha value is -0.740. The van der Waals surface area contributed by atoms with Gasteiger partial charge in [-0.05, 0) is 41.0 Å². The summed E-state index contributed by atoms with van der Waals surface area (Å²) in [5.41, 5.74) is 1.95. The minimum atomic E-state index is -0.392. The van der Waals surface area contributed by atoms with Gasteiger partial charge in [-0.1, -0.05) is 0 Å². The van der Waals surface area contributed by atoms with Crippen molar-refractivity contribution in [3.8, 4) is 0 Å². The summed E-state index contributed by atoms with van der Waals surface area (Å²) in [6.45, 7) is 9.97.